The molecular weight excluding hydrogens is 215 g/mol. The van der Waals surface area contributed by atoms with Crippen molar-refractivity contribution in [2.45, 2.75) is 19.5 Å². The Morgan fingerprint density at radius 1 is 1.24 bits per heavy atom. The Balaban J connectivity index is 1.93. The van der Waals surface area contributed by atoms with Crippen molar-refractivity contribution in [2.24, 2.45) is 0 Å². The molecule has 0 aliphatic carbocycles. The van der Waals surface area contributed by atoms with Gasteiger partial charge in [-0.2, -0.15) is 0 Å². The van der Waals surface area contributed by atoms with Crippen LogP contribution in [0.4, 0.5) is 4.39 Å². The molecule has 0 radical (unpaired) electrons. The quantitative estimate of drug-likeness (QED) is 0.873. The van der Waals surface area contributed by atoms with Gasteiger partial charge in [0.2, 0.25) is 0 Å². The van der Waals surface area contributed by atoms with E-state index in [1.54, 1.807) is 18.3 Å². The number of nitrogens with one attached hydrogen (secondary N) is 1. The molecule has 3 heteroatoms. The van der Waals surface area contributed by atoms with Crippen LogP contribution in [-0.4, -0.2) is 4.98 Å². The van der Waals surface area contributed by atoms with Crippen LogP contribution in [0, 0.1) is 5.82 Å². The van der Waals surface area contributed by atoms with Gasteiger partial charge in [-0.05, 0) is 36.2 Å². The van der Waals surface area contributed by atoms with Gasteiger partial charge in [-0.3, -0.25) is 4.98 Å². The zero-order valence-electron chi connectivity index (χ0n) is 9.73. The van der Waals surface area contributed by atoms with Crippen molar-refractivity contribution >= 4 is 0 Å². The number of aromatic nitrogens is 1. The van der Waals surface area contributed by atoms with Crippen LogP contribution in [0.3, 0.4) is 0 Å². The van der Waals surface area contributed by atoms with Gasteiger partial charge in [-0.25, -0.2) is 4.39 Å². The minimum absolute atomic E-state index is 0.191. The molecule has 1 aromatic heterocycles. The maximum absolute atomic E-state index is 12.8. The summed E-state index contributed by atoms with van der Waals surface area (Å²) in [7, 11) is 0. The first-order chi connectivity index (χ1) is 8.25. The lowest BCUT2D eigenvalue weighted by Gasteiger charge is -2.14. The van der Waals surface area contributed by atoms with E-state index < -0.39 is 0 Å². The van der Waals surface area contributed by atoms with E-state index in [1.807, 2.05) is 18.3 Å². The fourth-order valence-corrected chi connectivity index (χ4v) is 1.64. The average Bonchev–Trinajstić information content (AvgIpc) is 2.38. The molecule has 0 aliphatic rings. The molecular formula is C14H15FN2. The van der Waals surface area contributed by atoms with Crippen molar-refractivity contribution in [3.63, 3.8) is 0 Å². The van der Waals surface area contributed by atoms with Crippen LogP contribution in [0.2, 0.25) is 0 Å². The summed E-state index contributed by atoms with van der Waals surface area (Å²) < 4.78 is 12.8. The molecule has 17 heavy (non-hydrogen) atoms. The SMILES string of the molecule is C[C@H](NCc1cccnc1)c1ccc(F)cc1. The summed E-state index contributed by atoms with van der Waals surface area (Å²) in [6.07, 6.45) is 3.59. The first-order valence-electron chi connectivity index (χ1n) is 5.63. The van der Waals surface area contributed by atoms with E-state index in [2.05, 4.69) is 17.2 Å². The number of rotatable bonds is 4. The summed E-state index contributed by atoms with van der Waals surface area (Å²) in [5, 5.41) is 3.37. The van der Waals surface area contributed by atoms with Gasteiger partial charge < -0.3 is 5.32 Å². The van der Waals surface area contributed by atoms with E-state index in [1.165, 1.54) is 12.1 Å². The molecule has 2 nitrogen and oxygen atoms in total. The first-order valence-corrected chi connectivity index (χ1v) is 5.63. The zero-order chi connectivity index (χ0) is 12.1. The third kappa shape index (κ3) is 3.36. The monoisotopic (exact) mass is 230 g/mol. The molecule has 1 aromatic carbocycles. The van der Waals surface area contributed by atoms with Gasteiger partial charge in [0.25, 0.3) is 0 Å². The van der Waals surface area contributed by atoms with Crippen molar-refractivity contribution in [1.29, 1.82) is 0 Å². The van der Waals surface area contributed by atoms with Gasteiger partial charge in [0.1, 0.15) is 5.82 Å². The van der Waals surface area contributed by atoms with Gasteiger partial charge in [0, 0.05) is 25.0 Å². The highest BCUT2D eigenvalue weighted by atomic mass is 19.1. The van der Waals surface area contributed by atoms with Gasteiger partial charge in [-0.15, -0.1) is 0 Å². The van der Waals surface area contributed by atoms with E-state index in [9.17, 15) is 4.39 Å². The van der Waals surface area contributed by atoms with Gasteiger partial charge in [0.15, 0.2) is 0 Å². The Kier molecular flexibility index (Phi) is 3.83. The number of benzene rings is 1. The Morgan fingerprint density at radius 3 is 2.65 bits per heavy atom. The number of halogens is 1. The lowest BCUT2D eigenvalue weighted by Crippen LogP contribution is -2.18. The second-order valence-electron chi connectivity index (χ2n) is 4.02. The minimum Gasteiger partial charge on any atom is -0.306 e. The summed E-state index contributed by atoms with van der Waals surface area (Å²) in [4.78, 5) is 4.06. The van der Waals surface area contributed by atoms with E-state index >= 15 is 0 Å². The molecule has 1 N–H and O–H groups in total. The molecule has 0 amide bonds. The summed E-state index contributed by atoms with van der Waals surface area (Å²) in [5.41, 5.74) is 2.22. The summed E-state index contributed by atoms with van der Waals surface area (Å²) >= 11 is 0. The maximum atomic E-state index is 12.8. The molecule has 0 saturated carbocycles. The Bertz CT molecular complexity index is 453. The molecule has 88 valence electrons. The van der Waals surface area contributed by atoms with Gasteiger partial charge in [-0.1, -0.05) is 18.2 Å². The van der Waals surface area contributed by atoms with Crippen molar-refractivity contribution in [1.82, 2.24) is 10.3 Å². The van der Waals surface area contributed by atoms with Crippen LogP contribution in [0.5, 0.6) is 0 Å². The predicted molar refractivity (Wildman–Crippen MR) is 65.9 cm³/mol. The van der Waals surface area contributed by atoms with Crippen LogP contribution in [0.15, 0.2) is 48.8 Å². The van der Waals surface area contributed by atoms with Gasteiger partial charge >= 0.3 is 0 Å². The van der Waals surface area contributed by atoms with Crippen LogP contribution in [-0.2, 0) is 6.54 Å². The topological polar surface area (TPSA) is 24.9 Å². The Labute approximate surface area is 101 Å². The van der Waals surface area contributed by atoms with Crippen LogP contribution in [0.25, 0.3) is 0 Å². The third-order valence-electron chi connectivity index (χ3n) is 2.71. The first kappa shape index (κ1) is 11.7. The highest BCUT2D eigenvalue weighted by Crippen LogP contribution is 2.13. The summed E-state index contributed by atoms with van der Waals surface area (Å²) in [6.45, 7) is 2.82. The fraction of sp³-hybridized carbons (Fsp3) is 0.214. The highest BCUT2D eigenvalue weighted by molar-refractivity contribution is 5.19. The molecule has 0 bridgehead atoms. The molecule has 2 rings (SSSR count). The lowest BCUT2D eigenvalue weighted by atomic mass is 10.1. The van der Waals surface area contributed by atoms with Gasteiger partial charge in [0.05, 0.1) is 0 Å². The third-order valence-corrected chi connectivity index (χ3v) is 2.71. The van der Waals surface area contributed by atoms with E-state index in [0.29, 0.717) is 0 Å². The lowest BCUT2D eigenvalue weighted by molar-refractivity contribution is 0.570. The minimum atomic E-state index is -0.201. The molecule has 0 saturated heterocycles. The smallest absolute Gasteiger partial charge is 0.123 e. The van der Waals surface area contributed by atoms with Crippen molar-refractivity contribution in [3.8, 4) is 0 Å². The zero-order valence-corrected chi connectivity index (χ0v) is 9.73. The van der Waals surface area contributed by atoms with E-state index in [-0.39, 0.29) is 11.9 Å². The van der Waals surface area contributed by atoms with E-state index in [4.69, 9.17) is 0 Å². The summed E-state index contributed by atoms with van der Waals surface area (Å²) in [6, 6.07) is 10.7. The number of pyridine rings is 1. The maximum Gasteiger partial charge on any atom is 0.123 e. The van der Waals surface area contributed by atoms with Crippen LogP contribution >= 0.6 is 0 Å². The second-order valence-corrected chi connectivity index (χ2v) is 4.02. The molecule has 0 unspecified atom stereocenters. The largest absolute Gasteiger partial charge is 0.306 e. The van der Waals surface area contributed by atoms with Crippen LogP contribution in [0.1, 0.15) is 24.1 Å². The Morgan fingerprint density at radius 2 is 2.00 bits per heavy atom. The van der Waals surface area contributed by atoms with E-state index in [0.717, 1.165) is 17.7 Å². The van der Waals surface area contributed by atoms with Crippen molar-refractivity contribution in [2.75, 3.05) is 0 Å². The Hall–Kier alpha value is -1.74. The normalized spacial score (nSPS) is 12.4. The molecule has 1 atom stereocenters. The molecule has 1 heterocycles. The molecule has 2 aromatic rings. The fourth-order valence-electron chi connectivity index (χ4n) is 1.64. The highest BCUT2D eigenvalue weighted by Gasteiger charge is 2.04. The number of hydrogen-bond acceptors (Lipinski definition) is 2. The van der Waals surface area contributed by atoms with Crippen molar-refractivity contribution < 1.29 is 4.39 Å². The molecule has 0 fully saturated rings. The second kappa shape index (κ2) is 5.55. The number of nitrogens with zero attached hydrogens (tertiary/aromatic N) is 1. The predicted octanol–water partition coefficient (Wildman–Crippen LogP) is 3.07. The average molecular weight is 230 g/mol. The molecule has 0 spiro atoms. The molecule has 0 aliphatic heterocycles. The van der Waals surface area contributed by atoms with Crippen LogP contribution < -0.4 is 5.32 Å². The summed E-state index contributed by atoms with van der Waals surface area (Å²) in [5.74, 6) is -0.201. The number of hydrogen-bond donors (Lipinski definition) is 1. The standard InChI is InChI=1S/C14H15FN2/c1-11(13-4-6-14(15)7-5-13)17-10-12-3-2-8-16-9-12/h2-9,11,17H,10H2,1H3/t11-/m0/s1. The van der Waals surface area contributed by atoms with Crippen molar-refractivity contribution in [3.05, 3.63) is 65.7 Å².